The largest absolute Gasteiger partial charge is 0.483 e. The Labute approximate surface area is 128 Å². The van der Waals surface area contributed by atoms with Gasteiger partial charge in [0.05, 0.1) is 5.56 Å². The molecule has 108 valence electrons. The molecule has 1 aromatic carbocycles. The van der Waals surface area contributed by atoms with E-state index in [0.29, 0.717) is 17.2 Å². The molecule has 4 nitrogen and oxygen atoms in total. The smallest absolute Gasteiger partial charge is 0.257 e. The van der Waals surface area contributed by atoms with Crippen molar-refractivity contribution in [2.75, 3.05) is 24.7 Å². The first kappa shape index (κ1) is 15.1. The average molecular weight is 310 g/mol. The number of carbonyl (C=O) groups excluding carboxylic acids is 1. The van der Waals surface area contributed by atoms with E-state index in [1.807, 2.05) is 23.9 Å². The second kappa shape index (κ2) is 7.50. The zero-order valence-electron chi connectivity index (χ0n) is 11.1. The molecule has 0 spiro atoms. The summed E-state index contributed by atoms with van der Waals surface area (Å²) in [6.45, 7) is 0.714. The predicted molar refractivity (Wildman–Crippen MR) is 86.3 cm³/mol. The van der Waals surface area contributed by atoms with E-state index in [0.717, 1.165) is 12.3 Å². The number of hydrogen-bond acceptors (Lipinski definition) is 4. The molecular formula is C14H18N2O2S2. The van der Waals surface area contributed by atoms with Gasteiger partial charge >= 0.3 is 0 Å². The number of benzene rings is 1. The third-order valence-electron chi connectivity index (χ3n) is 3.12. The van der Waals surface area contributed by atoms with Crippen LogP contribution in [-0.2, 0) is 4.79 Å². The summed E-state index contributed by atoms with van der Waals surface area (Å²) >= 11 is 6.89. The van der Waals surface area contributed by atoms with Gasteiger partial charge in [-0.25, -0.2) is 0 Å². The number of carbonyl (C=O) groups is 1. The van der Waals surface area contributed by atoms with Crippen LogP contribution in [0.1, 0.15) is 12.0 Å². The molecule has 0 aliphatic carbocycles. The number of rotatable bonds is 6. The second-order valence-corrected chi connectivity index (χ2v) is 6.27. The second-order valence-electron chi connectivity index (χ2n) is 4.68. The lowest BCUT2D eigenvalue weighted by atomic mass is 10.1. The van der Waals surface area contributed by atoms with Crippen molar-refractivity contribution in [2.45, 2.75) is 6.42 Å². The number of para-hydroxylation sites is 1. The van der Waals surface area contributed by atoms with Gasteiger partial charge in [-0.2, -0.15) is 11.8 Å². The lowest BCUT2D eigenvalue weighted by molar-refractivity contribution is -0.123. The van der Waals surface area contributed by atoms with E-state index < -0.39 is 0 Å². The molecule has 1 atom stereocenters. The van der Waals surface area contributed by atoms with Crippen molar-refractivity contribution in [3.05, 3.63) is 29.8 Å². The van der Waals surface area contributed by atoms with Gasteiger partial charge in [-0.15, -0.1) is 0 Å². The molecule has 1 amide bonds. The van der Waals surface area contributed by atoms with Crippen LogP contribution in [0.4, 0.5) is 0 Å². The Morgan fingerprint density at radius 1 is 1.50 bits per heavy atom. The van der Waals surface area contributed by atoms with Crippen LogP contribution < -0.4 is 15.8 Å². The summed E-state index contributed by atoms with van der Waals surface area (Å²) in [4.78, 5) is 12.0. The van der Waals surface area contributed by atoms with E-state index in [1.54, 1.807) is 12.1 Å². The van der Waals surface area contributed by atoms with Gasteiger partial charge in [0, 0.05) is 6.54 Å². The van der Waals surface area contributed by atoms with Crippen molar-refractivity contribution in [3.8, 4) is 5.75 Å². The summed E-state index contributed by atoms with van der Waals surface area (Å²) in [5, 5.41) is 2.90. The number of nitrogens with two attached hydrogens (primary N) is 1. The first-order chi connectivity index (χ1) is 9.66. The highest BCUT2D eigenvalue weighted by Crippen LogP contribution is 2.22. The topological polar surface area (TPSA) is 64.3 Å². The number of ether oxygens (including phenoxy) is 1. The van der Waals surface area contributed by atoms with Crippen LogP contribution >= 0.6 is 24.0 Å². The van der Waals surface area contributed by atoms with E-state index in [2.05, 4.69) is 5.32 Å². The van der Waals surface area contributed by atoms with Gasteiger partial charge in [-0.3, -0.25) is 4.79 Å². The van der Waals surface area contributed by atoms with E-state index >= 15 is 0 Å². The van der Waals surface area contributed by atoms with Crippen molar-refractivity contribution in [1.29, 1.82) is 0 Å². The fourth-order valence-electron chi connectivity index (χ4n) is 1.99. The molecule has 0 radical (unpaired) electrons. The summed E-state index contributed by atoms with van der Waals surface area (Å²) in [5.41, 5.74) is 6.27. The Kier molecular flexibility index (Phi) is 5.67. The molecule has 0 aromatic heterocycles. The van der Waals surface area contributed by atoms with Crippen molar-refractivity contribution >= 4 is 34.9 Å². The highest BCUT2D eigenvalue weighted by Gasteiger charge is 2.16. The normalized spacial score (nSPS) is 17.7. The number of nitrogens with one attached hydrogen (secondary N) is 1. The molecule has 1 aromatic rings. The highest BCUT2D eigenvalue weighted by atomic mass is 32.2. The van der Waals surface area contributed by atoms with Crippen molar-refractivity contribution in [1.82, 2.24) is 5.32 Å². The zero-order valence-corrected chi connectivity index (χ0v) is 12.8. The molecule has 1 aliphatic rings. The van der Waals surface area contributed by atoms with E-state index in [4.69, 9.17) is 22.7 Å². The molecule has 1 fully saturated rings. The third-order valence-corrected chi connectivity index (χ3v) is 4.57. The van der Waals surface area contributed by atoms with Gasteiger partial charge < -0.3 is 15.8 Å². The highest BCUT2D eigenvalue weighted by molar-refractivity contribution is 7.99. The van der Waals surface area contributed by atoms with Gasteiger partial charge in [0.25, 0.3) is 5.91 Å². The van der Waals surface area contributed by atoms with Crippen molar-refractivity contribution in [2.24, 2.45) is 11.7 Å². The minimum absolute atomic E-state index is 0.0144. The van der Waals surface area contributed by atoms with Crippen LogP contribution in [0.15, 0.2) is 24.3 Å². The Balaban J connectivity index is 1.79. The molecule has 0 saturated carbocycles. The molecule has 1 unspecified atom stereocenters. The molecule has 6 heteroatoms. The predicted octanol–water partition coefficient (Wildman–Crippen LogP) is 1.57. The summed E-state index contributed by atoms with van der Waals surface area (Å²) in [6, 6.07) is 7.20. The first-order valence-electron chi connectivity index (χ1n) is 6.53. The van der Waals surface area contributed by atoms with Gasteiger partial charge in [0.1, 0.15) is 10.7 Å². The fraction of sp³-hybridized carbons (Fsp3) is 0.429. The zero-order chi connectivity index (χ0) is 14.4. The molecule has 1 heterocycles. The van der Waals surface area contributed by atoms with E-state index in [-0.39, 0.29) is 17.5 Å². The minimum Gasteiger partial charge on any atom is -0.483 e. The van der Waals surface area contributed by atoms with Gasteiger partial charge in [0.2, 0.25) is 0 Å². The van der Waals surface area contributed by atoms with Crippen molar-refractivity contribution in [3.63, 3.8) is 0 Å². The molecule has 2 rings (SSSR count). The van der Waals surface area contributed by atoms with Gasteiger partial charge in [-0.05, 0) is 36.0 Å². The van der Waals surface area contributed by atoms with Crippen LogP contribution in [0.3, 0.4) is 0 Å². The molecule has 0 bridgehead atoms. The minimum atomic E-state index is -0.111. The van der Waals surface area contributed by atoms with Crippen LogP contribution in [0.2, 0.25) is 0 Å². The first-order valence-corrected chi connectivity index (χ1v) is 8.09. The van der Waals surface area contributed by atoms with Crippen molar-refractivity contribution < 1.29 is 9.53 Å². The quantitative estimate of drug-likeness (QED) is 0.781. The third kappa shape index (κ3) is 4.38. The van der Waals surface area contributed by atoms with Gasteiger partial charge in [-0.1, -0.05) is 24.4 Å². The SMILES string of the molecule is NC(=S)c1ccccc1OCC(=O)NCC1CCSC1. The fourth-order valence-corrected chi connectivity index (χ4v) is 3.45. The van der Waals surface area contributed by atoms with Gasteiger partial charge in [0.15, 0.2) is 6.61 Å². The molecular weight excluding hydrogens is 292 g/mol. The summed E-state index contributed by atoms with van der Waals surface area (Å²) in [5.74, 6) is 3.35. The average Bonchev–Trinajstić information content (AvgIpc) is 2.96. The van der Waals surface area contributed by atoms with Crippen LogP contribution in [0.25, 0.3) is 0 Å². The lowest BCUT2D eigenvalue weighted by Crippen LogP contribution is -2.33. The molecule has 20 heavy (non-hydrogen) atoms. The molecule has 1 aliphatic heterocycles. The maximum absolute atomic E-state index is 11.7. The maximum Gasteiger partial charge on any atom is 0.257 e. The van der Waals surface area contributed by atoms with E-state index in [1.165, 1.54) is 12.2 Å². The van der Waals surface area contributed by atoms with Crippen LogP contribution in [0.5, 0.6) is 5.75 Å². The Bertz CT molecular complexity index is 488. The lowest BCUT2D eigenvalue weighted by Gasteiger charge is -2.12. The van der Waals surface area contributed by atoms with E-state index in [9.17, 15) is 4.79 Å². The Hall–Kier alpha value is -1.27. The monoisotopic (exact) mass is 310 g/mol. The number of thioether (sulfide) groups is 1. The summed E-state index contributed by atoms with van der Waals surface area (Å²) in [6.07, 6.45) is 1.18. The van der Waals surface area contributed by atoms with Crippen LogP contribution in [0, 0.1) is 5.92 Å². The van der Waals surface area contributed by atoms with Crippen LogP contribution in [-0.4, -0.2) is 35.6 Å². The Morgan fingerprint density at radius 2 is 2.30 bits per heavy atom. The number of thiocarbonyl (C=S) groups is 1. The molecule has 1 saturated heterocycles. The Morgan fingerprint density at radius 3 is 3.00 bits per heavy atom. The summed E-state index contributed by atoms with van der Waals surface area (Å²) in [7, 11) is 0. The summed E-state index contributed by atoms with van der Waals surface area (Å²) < 4.78 is 5.49. The number of amides is 1. The molecule has 3 N–H and O–H groups in total. The number of hydrogen-bond donors (Lipinski definition) is 2. The standard InChI is InChI=1S/C14H18N2O2S2/c15-14(19)11-3-1-2-4-12(11)18-8-13(17)16-7-10-5-6-20-9-10/h1-4,10H,5-9H2,(H2,15,19)(H,16,17). The maximum atomic E-state index is 11.7.